The van der Waals surface area contributed by atoms with E-state index in [-0.39, 0.29) is 5.91 Å². The van der Waals surface area contributed by atoms with Gasteiger partial charge in [-0.15, -0.1) is 0 Å². The lowest BCUT2D eigenvalue weighted by Gasteiger charge is -2.10. The summed E-state index contributed by atoms with van der Waals surface area (Å²) in [6, 6.07) is 17.8. The van der Waals surface area contributed by atoms with Crippen molar-refractivity contribution in [3.8, 4) is 6.07 Å². The minimum absolute atomic E-state index is 0.293. The molecule has 1 amide bonds. The smallest absolute Gasteiger partial charge is 0.257 e. The molecule has 0 aliphatic carbocycles. The maximum atomic E-state index is 12.3. The Morgan fingerprint density at radius 1 is 1.15 bits per heavy atom. The van der Waals surface area contributed by atoms with E-state index >= 15 is 0 Å². The molecule has 0 saturated carbocycles. The van der Waals surface area contributed by atoms with Crippen molar-refractivity contribution < 1.29 is 4.79 Å². The number of benzene rings is 2. The second kappa shape index (κ2) is 7.68. The molecular formula is C20H15ClN4O. The number of halogens is 1. The van der Waals surface area contributed by atoms with Crippen LogP contribution in [0.15, 0.2) is 60.8 Å². The van der Waals surface area contributed by atoms with Crippen LogP contribution in [0.25, 0.3) is 0 Å². The average molecular weight is 363 g/mol. The number of carbonyl (C=O) groups excluding carboxylic acids is 1. The van der Waals surface area contributed by atoms with Crippen LogP contribution in [-0.2, 0) is 0 Å². The molecule has 0 bridgehead atoms. The van der Waals surface area contributed by atoms with Crippen molar-refractivity contribution in [3.05, 3.63) is 82.5 Å². The summed E-state index contributed by atoms with van der Waals surface area (Å²) in [5, 5.41) is 15.5. The monoisotopic (exact) mass is 362 g/mol. The van der Waals surface area contributed by atoms with Crippen molar-refractivity contribution >= 4 is 34.7 Å². The molecule has 0 atom stereocenters. The number of anilines is 3. The molecule has 0 unspecified atom stereocenters. The van der Waals surface area contributed by atoms with Crippen LogP contribution in [0.4, 0.5) is 17.2 Å². The van der Waals surface area contributed by atoms with Gasteiger partial charge in [-0.1, -0.05) is 23.7 Å². The van der Waals surface area contributed by atoms with Gasteiger partial charge in [-0.25, -0.2) is 4.98 Å². The normalized spacial score (nSPS) is 10.0. The third-order valence-electron chi connectivity index (χ3n) is 3.81. The predicted octanol–water partition coefficient (Wildman–Crippen LogP) is 4.91. The van der Waals surface area contributed by atoms with Crippen molar-refractivity contribution in [3.63, 3.8) is 0 Å². The van der Waals surface area contributed by atoms with Gasteiger partial charge >= 0.3 is 0 Å². The number of aromatic nitrogens is 1. The first-order valence-corrected chi connectivity index (χ1v) is 8.24. The van der Waals surface area contributed by atoms with E-state index in [0.29, 0.717) is 27.7 Å². The van der Waals surface area contributed by atoms with E-state index in [2.05, 4.69) is 15.6 Å². The molecule has 3 aromatic rings. The molecule has 0 saturated heterocycles. The zero-order valence-corrected chi connectivity index (χ0v) is 14.7. The van der Waals surface area contributed by atoms with Crippen LogP contribution in [-0.4, -0.2) is 10.9 Å². The third-order valence-corrected chi connectivity index (χ3v) is 4.22. The van der Waals surface area contributed by atoms with E-state index in [1.165, 1.54) is 6.20 Å². The summed E-state index contributed by atoms with van der Waals surface area (Å²) in [6.45, 7) is 1.92. The molecule has 0 radical (unpaired) electrons. The van der Waals surface area contributed by atoms with Crippen LogP contribution >= 0.6 is 11.6 Å². The highest BCUT2D eigenvalue weighted by Gasteiger charge is 2.08. The molecule has 0 aliphatic heterocycles. The number of rotatable bonds is 4. The van der Waals surface area contributed by atoms with Crippen LogP contribution in [0.3, 0.4) is 0 Å². The van der Waals surface area contributed by atoms with Crippen LogP contribution in [0.5, 0.6) is 0 Å². The van der Waals surface area contributed by atoms with Gasteiger partial charge in [0.05, 0.1) is 17.2 Å². The highest BCUT2D eigenvalue weighted by atomic mass is 35.5. The third kappa shape index (κ3) is 4.00. The number of amides is 1. The van der Waals surface area contributed by atoms with Crippen LogP contribution in [0.1, 0.15) is 21.5 Å². The van der Waals surface area contributed by atoms with Crippen LogP contribution in [0, 0.1) is 18.3 Å². The predicted molar refractivity (Wildman–Crippen MR) is 103 cm³/mol. The van der Waals surface area contributed by atoms with Gasteiger partial charge < -0.3 is 10.6 Å². The number of nitrogens with one attached hydrogen (secondary N) is 2. The first-order valence-electron chi connectivity index (χ1n) is 7.86. The fourth-order valence-electron chi connectivity index (χ4n) is 2.35. The average Bonchev–Trinajstić information content (AvgIpc) is 2.66. The molecule has 1 aromatic heterocycles. The number of nitrogens with zero attached hydrogens (tertiary/aromatic N) is 2. The lowest BCUT2D eigenvalue weighted by molar-refractivity contribution is 0.102. The zero-order chi connectivity index (χ0) is 18.5. The van der Waals surface area contributed by atoms with E-state index < -0.39 is 0 Å². The van der Waals surface area contributed by atoms with E-state index in [1.807, 2.05) is 31.2 Å². The Balaban J connectivity index is 1.71. The van der Waals surface area contributed by atoms with E-state index in [0.717, 1.165) is 11.3 Å². The number of hydrogen-bond acceptors (Lipinski definition) is 4. The SMILES string of the molecule is Cc1c(Cl)cccc1Nc1ccc(C(=O)Nc2cccc(C#N)c2)cn1. The number of carbonyl (C=O) groups is 1. The van der Waals surface area contributed by atoms with Crippen LogP contribution in [0.2, 0.25) is 5.02 Å². The van der Waals surface area contributed by atoms with E-state index in [9.17, 15) is 4.79 Å². The van der Waals surface area contributed by atoms with Crippen molar-refractivity contribution in [1.82, 2.24) is 4.98 Å². The maximum Gasteiger partial charge on any atom is 0.257 e. The molecule has 6 heteroatoms. The largest absolute Gasteiger partial charge is 0.340 e. The highest BCUT2D eigenvalue weighted by molar-refractivity contribution is 6.31. The first-order chi connectivity index (χ1) is 12.6. The molecule has 1 heterocycles. The molecule has 0 spiro atoms. The van der Waals surface area contributed by atoms with Crippen LogP contribution < -0.4 is 10.6 Å². The van der Waals surface area contributed by atoms with Crippen molar-refractivity contribution in [1.29, 1.82) is 5.26 Å². The van der Waals surface area contributed by atoms with E-state index in [4.69, 9.17) is 16.9 Å². The quantitative estimate of drug-likeness (QED) is 0.691. The molecule has 26 heavy (non-hydrogen) atoms. The van der Waals surface area contributed by atoms with Gasteiger partial charge in [0.2, 0.25) is 0 Å². The second-order valence-electron chi connectivity index (χ2n) is 5.62. The minimum Gasteiger partial charge on any atom is -0.340 e. The molecule has 2 aromatic carbocycles. The Morgan fingerprint density at radius 3 is 2.69 bits per heavy atom. The van der Waals surface area contributed by atoms with E-state index in [1.54, 1.807) is 36.4 Å². The zero-order valence-electron chi connectivity index (χ0n) is 14.0. The molecule has 2 N–H and O–H groups in total. The summed E-state index contributed by atoms with van der Waals surface area (Å²) in [7, 11) is 0. The summed E-state index contributed by atoms with van der Waals surface area (Å²) in [4.78, 5) is 16.6. The Bertz CT molecular complexity index is 993. The van der Waals surface area contributed by atoms with Crippen molar-refractivity contribution in [2.75, 3.05) is 10.6 Å². The van der Waals surface area contributed by atoms with Gasteiger partial charge in [-0.2, -0.15) is 5.26 Å². The lowest BCUT2D eigenvalue weighted by atomic mass is 10.2. The minimum atomic E-state index is -0.293. The molecule has 0 aliphatic rings. The lowest BCUT2D eigenvalue weighted by Crippen LogP contribution is -2.12. The Morgan fingerprint density at radius 2 is 1.96 bits per heavy atom. The summed E-state index contributed by atoms with van der Waals surface area (Å²) in [5.41, 5.74) is 3.24. The number of pyridine rings is 1. The topological polar surface area (TPSA) is 77.8 Å². The molecule has 128 valence electrons. The van der Waals surface area contributed by atoms with Crippen molar-refractivity contribution in [2.45, 2.75) is 6.92 Å². The summed E-state index contributed by atoms with van der Waals surface area (Å²) in [6.07, 6.45) is 1.49. The highest BCUT2D eigenvalue weighted by Crippen LogP contribution is 2.25. The molecule has 3 rings (SSSR count). The van der Waals surface area contributed by atoms with Crippen molar-refractivity contribution in [2.24, 2.45) is 0 Å². The van der Waals surface area contributed by atoms with Gasteiger partial charge in [0, 0.05) is 22.6 Å². The van der Waals surface area contributed by atoms with Gasteiger partial charge in [0.25, 0.3) is 5.91 Å². The molecular weight excluding hydrogens is 348 g/mol. The Kier molecular flexibility index (Phi) is 5.16. The second-order valence-corrected chi connectivity index (χ2v) is 6.02. The number of nitriles is 1. The Hall–Kier alpha value is -3.36. The van der Waals surface area contributed by atoms with Gasteiger partial charge in [0.15, 0.2) is 0 Å². The fourth-order valence-corrected chi connectivity index (χ4v) is 2.53. The summed E-state index contributed by atoms with van der Waals surface area (Å²) in [5.74, 6) is 0.316. The number of hydrogen-bond donors (Lipinski definition) is 2. The summed E-state index contributed by atoms with van der Waals surface area (Å²) < 4.78 is 0. The fraction of sp³-hybridized carbons (Fsp3) is 0.0500. The standard InChI is InChI=1S/C20H15ClN4O/c1-13-17(21)6-3-7-18(13)25-19-9-8-15(12-23-19)20(26)24-16-5-2-4-14(10-16)11-22/h2-10,12H,1H3,(H,23,25)(H,24,26). The molecule has 5 nitrogen and oxygen atoms in total. The first kappa shape index (κ1) is 17.5. The van der Waals surface area contributed by atoms with Gasteiger partial charge in [-0.05, 0) is 55.0 Å². The Labute approximate surface area is 156 Å². The maximum absolute atomic E-state index is 12.3. The molecule has 0 fully saturated rings. The van der Waals surface area contributed by atoms with Gasteiger partial charge in [0.1, 0.15) is 5.82 Å². The van der Waals surface area contributed by atoms with Gasteiger partial charge in [-0.3, -0.25) is 4.79 Å². The summed E-state index contributed by atoms with van der Waals surface area (Å²) >= 11 is 6.11.